The number of hydrogen-bond acceptors (Lipinski definition) is 2. The molecule has 0 saturated heterocycles. The smallest absolute Gasteiger partial charge is 0.325 e. The van der Waals surface area contributed by atoms with E-state index in [-0.39, 0.29) is 12.4 Å². The highest BCUT2D eigenvalue weighted by molar-refractivity contribution is 7.70. The molecule has 0 amide bonds. The van der Waals surface area contributed by atoms with Crippen molar-refractivity contribution in [2.75, 3.05) is 0 Å². The average molecular weight is 259 g/mol. The van der Waals surface area contributed by atoms with Gasteiger partial charge in [0.2, 0.25) is 0 Å². The quantitative estimate of drug-likeness (QED) is 0.506. The first-order valence-corrected chi connectivity index (χ1v) is 5.68. The summed E-state index contributed by atoms with van der Waals surface area (Å²) in [4.78, 5) is 0. The predicted molar refractivity (Wildman–Crippen MR) is 51.9 cm³/mol. The monoisotopic (exact) mass is 257 g/mol. The van der Waals surface area contributed by atoms with Gasteiger partial charge >= 0.3 is 10.3 Å². The van der Waals surface area contributed by atoms with E-state index in [0.717, 1.165) is 10.2 Å². The molecule has 2 aromatic rings. The van der Waals surface area contributed by atoms with Crippen LogP contribution in [0.3, 0.4) is 0 Å². The summed E-state index contributed by atoms with van der Waals surface area (Å²) in [5, 5.41) is 1.21. The van der Waals surface area contributed by atoms with Gasteiger partial charge in [0.25, 0.3) is 15.2 Å². The van der Waals surface area contributed by atoms with Crippen LogP contribution in [0.2, 0.25) is 10.0 Å². The van der Waals surface area contributed by atoms with Crippen molar-refractivity contribution in [2.24, 2.45) is 0 Å². The molecular weight excluding hydrogens is 257 g/mol. The molecule has 0 fully saturated rings. The van der Waals surface area contributed by atoms with Crippen molar-refractivity contribution in [3.8, 4) is 0 Å². The number of hydrogen-bond donors (Lipinski definition) is 0. The lowest BCUT2D eigenvalue weighted by Crippen LogP contribution is -3.00. The maximum Gasteiger partial charge on any atom is 0.325 e. The highest BCUT2D eigenvalue weighted by Crippen LogP contribution is 2.34. The lowest BCUT2D eigenvalue weighted by molar-refractivity contribution is -0.00000188. The van der Waals surface area contributed by atoms with E-state index < -0.39 is 0 Å². The van der Waals surface area contributed by atoms with Gasteiger partial charge in [0.05, 0.1) is 5.02 Å². The third kappa shape index (κ3) is 1.65. The summed E-state index contributed by atoms with van der Waals surface area (Å²) in [5.41, 5.74) is 0.925. The maximum atomic E-state index is 5.91. The molecule has 1 heterocycles. The number of halogens is 3. The lowest BCUT2D eigenvalue weighted by atomic mass is 10.3. The Morgan fingerprint density at radius 2 is 2.08 bits per heavy atom. The zero-order valence-corrected chi connectivity index (χ0v) is 9.45. The first kappa shape index (κ1) is 10.4. The number of nitrogens with zero attached hydrogens (tertiary/aromatic N) is 1. The molecule has 0 saturated carbocycles. The third-order valence-electron chi connectivity index (χ3n) is 1.29. The molecule has 0 N–H and O–H groups in total. The van der Waals surface area contributed by atoms with Gasteiger partial charge in [-0.3, -0.25) is 0 Å². The van der Waals surface area contributed by atoms with Crippen LogP contribution >= 0.6 is 44.1 Å². The van der Waals surface area contributed by atoms with Gasteiger partial charge in [-0.2, -0.15) is 0 Å². The summed E-state index contributed by atoms with van der Waals surface area (Å²) in [6, 6.07) is 3.63. The summed E-state index contributed by atoms with van der Waals surface area (Å²) >= 11 is 11.7. The second-order valence-electron chi connectivity index (χ2n) is 1.96. The molecule has 6 heteroatoms. The lowest BCUT2D eigenvalue weighted by Gasteiger charge is -1.87. The van der Waals surface area contributed by atoms with E-state index in [9.17, 15) is 0 Å². The molecule has 2 rings (SSSR count). The number of rotatable bonds is 0. The van der Waals surface area contributed by atoms with Crippen molar-refractivity contribution in [3.05, 3.63) is 22.2 Å². The van der Waals surface area contributed by atoms with Crippen molar-refractivity contribution in [3.63, 3.8) is 0 Å². The van der Waals surface area contributed by atoms with Crippen molar-refractivity contribution in [1.82, 2.24) is 4.37 Å². The highest BCUT2D eigenvalue weighted by atomic mass is 35.5. The van der Waals surface area contributed by atoms with Crippen LogP contribution in [0.4, 0.5) is 0 Å². The minimum Gasteiger partial charge on any atom is -1.00 e. The van der Waals surface area contributed by atoms with E-state index in [4.69, 9.17) is 23.2 Å². The van der Waals surface area contributed by atoms with E-state index >= 15 is 0 Å². The molecule has 1 aromatic heterocycles. The summed E-state index contributed by atoms with van der Waals surface area (Å²) in [6.45, 7) is 0. The van der Waals surface area contributed by atoms with Gasteiger partial charge in [0, 0.05) is 0 Å². The van der Waals surface area contributed by atoms with Crippen LogP contribution in [0.25, 0.3) is 10.2 Å². The molecule has 64 valence electrons. The Morgan fingerprint density at radius 3 is 2.83 bits per heavy atom. The number of fused-ring (bicyclic) bond motifs is 1. The molecule has 1 aromatic carbocycles. The fourth-order valence-electron chi connectivity index (χ4n) is 0.769. The van der Waals surface area contributed by atoms with Crippen LogP contribution in [0.1, 0.15) is 0 Å². The highest BCUT2D eigenvalue weighted by Gasteiger charge is 2.16. The van der Waals surface area contributed by atoms with E-state index in [1.54, 1.807) is 16.4 Å². The number of benzene rings is 1. The van der Waals surface area contributed by atoms with Crippen LogP contribution < -0.4 is 12.4 Å². The van der Waals surface area contributed by atoms with Crippen LogP contribution in [0.15, 0.2) is 12.1 Å². The molecule has 0 unspecified atom stereocenters. The van der Waals surface area contributed by atoms with Gasteiger partial charge in [-0.05, 0) is 12.1 Å². The van der Waals surface area contributed by atoms with E-state index in [1.807, 2.05) is 6.07 Å². The van der Waals surface area contributed by atoms with Gasteiger partial charge < -0.3 is 12.4 Å². The second-order valence-corrected chi connectivity index (χ2v) is 4.60. The standard InChI is InChI=1S/C6H2Cl2NS2.ClH/c7-3-1-2-4-6(5(3)8)10-11-9-4;/h1-2H;1H/q+1;/p-1. The predicted octanol–water partition coefficient (Wildman–Crippen LogP) is 0.950. The van der Waals surface area contributed by atoms with Crippen molar-refractivity contribution < 1.29 is 12.4 Å². The molecule has 0 aliphatic rings. The molecule has 12 heavy (non-hydrogen) atoms. The van der Waals surface area contributed by atoms with Gasteiger partial charge in [-0.25, -0.2) is 0 Å². The Bertz CT molecular complexity index is 401. The Balaban J connectivity index is 0.000000720. The molecule has 0 spiro atoms. The molecule has 0 radical (unpaired) electrons. The van der Waals surface area contributed by atoms with E-state index in [1.165, 1.54) is 10.5 Å². The zero-order valence-electron chi connectivity index (χ0n) is 5.55. The largest absolute Gasteiger partial charge is 1.00 e. The average Bonchev–Trinajstić information content (AvgIpc) is 2.45. The van der Waals surface area contributed by atoms with E-state index in [0.29, 0.717) is 10.0 Å². The van der Waals surface area contributed by atoms with Gasteiger partial charge in [-0.1, -0.05) is 23.2 Å². The van der Waals surface area contributed by atoms with Crippen molar-refractivity contribution in [2.45, 2.75) is 0 Å². The zero-order chi connectivity index (χ0) is 7.84. The van der Waals surface area contributed by atoms with Gasteiger partial charge in [0.1, 0.15) is 10.5 Å². The fraction of sp³-hybridized carbons (Fsp3) is 0. The molecule has 0 aliphatic heterocycles. The Morgan fingerprint density at radius 1 is 1.33 bits per heavy atom. The minimum absolute atomic E-state index is 0. The SMILES string of the molecule is Clc1ccc2ns[s+]c2c1Cl.[Cl-]. The van der Waals surface area contributed by atoms with Crippen LogP contribution in [-0.2, 0) is 0 Å². The van der Waals surface area contributed by atoms with Gasteiger partial charge in [-0.15, -0.1) is 4.37 Å². The maximum absolute atomic E-state index is 5.91. The molecule has 1 nitrogen and oxygen atoms in total. The van der Waals surface area contributed by atoms with Crippen LogP contribution in [0, 0.1) is 0 Å². The third-order valence-corrected chi connectivity index (χ3v) is 4.07. The summed E-state index contributed by atoms with van der Waals surface area (Å²) < 4.78 is 5.11. The van der Waals surface area contributed by atoms with E-state index in [2.05, 4.69) is 4.37 Å². The molecule has 0 bridgehead atoms. The first-order chi connectivity index (χ1) is 5.29. The molecular formula is C6H2Cl3NS2. The van der Waals surface area contributed by atoms with Crippen molar-refractivity contribution >= 4 is 54.3 Å². The second kappa shape index (κ2) is 4.03. The van der Waals surface area contributed by atoms with Gasteiger partial charge in [0.15, 0.2) is 0 Å². The molecule has 0 aliphatic carbocycles. The summed E-state index contributed by atoms with van der Waals surface area (Å²) in [7, 11) is 2.97. The summed E-state index contributed by atoms with van der Waals surface area (Å²) in [6.07, 6.45) is 0. The minimum atomic E-state index is 0. The topological polar surface area (TPSA) is 12.9 Å². The Labute approximate surface area is 92.9 Å². The molecule has 0 atom stereocenters. The van der Waals surface area contributed by atoms with Crippen LogP contribution in [0.5, 0.6) is 0 Å². The van der Waals surface area contributed by atoms with Crippen LogP contribution in [-0.4, -0.2) is 4.37 Å². The number of aromatic nitrogens is 1. The van der Waals surface area contributed by atoms with Crippen molar-refractivity contribution in [1.29, 1.82) is 0 Å². The first-order valence-electron chi connectivity index (χ1n) is 2.82. The Hall–Kier alpha value is 0.330. The normalized spacial score (nSPS) is 9.83. The fourth-order valence-corrected chi connectivity index (χ4v) is 3.26. The summed E-state index contributed by atoms with van der Waals surface area (Å²) in [5.74, 6) is 0. The Kier molecular flexibility index (Phi) is 3.49.